The molecule has 0 saturated carbocycles. The molecule has 2 heterocycles. The van der Waals surface area contributed by atoms with Crippen molar-refractivity contribution >= 4 is 55.0 Å². The summed E-state index contributed by atoms with van der Waals surface area (Å²) in [4.78, 5) is 31.1. The van der Waals surface area contributed by atoms with Gasteiger partial charge in [0.2, 0.25) is 0 Å². The summed E-state index contributed by atoms with van der Waals surface area (Å²) in [6.07, 6.45) is 0. The van der Waals surface area contributed by atoms with Gasteiger partial charge in [-0.2, -0.15) is 0 Å². The summed E-state index contributed by atoms with van der Waals surface area (Å²) in [5, 5.41) is 4.08. The second-order valence-electron chi connectivity index (χ2n) is 7.13. The summed E-state index contributed by atoms with van der Waals surface area (Å²) in [5.74, 6) is -0.797. The van der Waals surface area contributed by atoms with Crippen molar-refractivity contribution in [1.82, 2.24) is 4.98 Å². The fourth-order valence-corrected chi connectivity index (χ4v) is 4.63. The Morgan fingerprint density at radius 1 is 1.03 bits per heavy atom. The van der Waals surface area contributed by atoms with Gasteiger partial charge >= 0.3 is 5.97 Å². The first-order chi connectivity index (χ1) is 14.9. The molecule has 5 nitrogen and oxygen atoms in total. The number of carbonyl (C=O) groups is 2. The van der Waals surface area contributed by atoms with Gasteiger partial charge in [-0.05, 0) is 50.2 Å². The number of ether oxygens (including phenoxy) is 1. The number of nitrogens with zero attached hydrogens (tertiary/aromatic N) is 1. The zero-order chi connectivity index (χ0) is 22.1. The van der Waals surface area contributed by atoms with Crippen LogP contribution in [0, 0.1) is 13.8 Å². The van der Waals surface area contributed by atoms with E-state index >= 15 is 0 Å². The van der Waals surface area contributed by atoms with Crippen molar-refractivity contribution in [2.45, 2.75) is 13.8 Å². The molecule has 0 aliphatic carbocycles. The quantitative estimate of drug-likeness (QED) is 0.334. The standard InChI is InChI=1S/C24H19BrN2O3S/c1-13-5-4-6-15(9-13)21-12-18(17-11-16(25)7-8-20(17)26-21)22(28)27-23-19(24(29)30-3)10-14(2)31-23/h4-12H,1-3H3,(H,27,28). The predicted molar refractivity (Wildman–Crippen MR) is 128 cm³/mol. The average molecular weight is 495 g/mol. The van der Waals surface area contributed by atoms with E-state index in [1.165, 1.54) is 18.4 Å². The maximum Gasteiger partial charge on any atom is 0.340 e. The van der Waals surface area contributed by atoms with E-state index in [2.05, 4.69) is 21.2 Å². The number of hydrogen-bond donors (Lipinski definition) is 1. The molecule has 1 amide bonds. The van der Waals surface area contributed by atoms with Crippen LogP contribution in [-0.4, -0.2) is 24.0 Å². The van der Waals surface area contributed by atoms with E-state index in [1.807, 2.05) is 56.3 Å². The number of amides is 1. The van der Waals surface area contributed by atoms with Crippen LogP contribution in [0.5, 0.6) is 0 Å². The van der Waals surface area contributed by atoms with E-state index in [-0.39, 0.29) is 5.91 Å². The minimum Gasteiger partial charge on any atom is -0.465 e. The lowest BCUT2D eigenvalue weighted by Crippen LogP contribution is -2.14. The predicted octanol–water partition coefficient (Wildman–Crippen LogP) is 6.38. The molecule has 156 valence electrons. The molecule has 4 aromatic rings. The number of nitrogens with one attached hydrogen (secondary N) is 1. The van der Waals surface area contributed by atoms with Gasteiger partial charge in [0.1, 0.15) is 5.00 Å². The number of halogens is 1. The average Bonchev–Trinajstić information content (AvgIpc) is 3.12. The number of aryl methyl sites for hydroxylation is 2. The molecule has 0 bridgehead atoms. The van der Waals surface area contributed by atoms with Gasteiger partial charge in [-0.25, -0.2) is 9.78 Å². The van der Waals surface area contributed by atoms with Crippen molar-refractivity contribution in [2.75, 3.05) is 12.4 Å². The molecule has 0 radical (unpaired) electrons. The highest BCUT2D eigenvalue weighted by atomic mass is 79.9. The maximum atomic E-state index is 13.4. The Bertz CT molecular complexity index is 1330. The molecule has 2 aromatic heterocycles. The Labute approximate surface area is 192 Å². The number of rotatable bonds is 4. The van der Waals surface area contributed by atoms with Crippen LogP contribution in [0.15, 0.2) is 59.1 Å². The molecule has 0 aliphatic rings. The van der Waals surface area contributed by atoms with E-state index < -0.39 is 5.97 Å². The van der Waals surface area contributed by atoms with Crippen LogP contribution in [0.25, 0.3) is 22.2 Å². The summed E-state index contributed by atoms with van der Waals surface area (Å²) < 4.78 is 5.70. The van der Waals surface area contributed by atoms with E-state index in [0.29, 0.717) is 27.3 Å². The second-order valence-corrected chi connectivity index (χ2v) is 9.30. The van der Waals surface area contributed by atoms with Gasteiger partial charge < -0.3 is 10.1 Å². The monoisotopic (exact) mass is 494 g/mol. The molecule has 4 rings (SSSR count). The van der Waals surface area contributed by atoms with Crippen molar-refractivity contribution in [3.05, 3.63) is 80.6 Å². The van der Waals surface area contributed by atoms with Crippen LogP contribution >= 0.6 is 27.3 Å². The number of benzene rings is 2. The highest BCUT2D eigenvalue weighted by Crippen LogP contribution is 2.31. The number of hydrogen-bond acceptors (Lipinski definition) is 5. The van der Waals surface area contributed by atoms with Gasteiger partial charge in [0.15, 0.2) is 0 Å². The van der Waals surface area contributed by atoms with Crippen LogP contribution in [0.1, 0.15) is 31.2 Å². The Morgan fingerprint density at radius 2 is 1.84 bits per heavy atom. The van der Waals surface area contributed by atoms with Crippen molar-refractivity contribution < 1.29 is 14.3 Å². The highest BCUT2D eigenvalue weighted by Gasteiger charge is 2.20. The van der Waals surface area contributed by atoms with Crippen molar-refractivity contribution in [2.24, 2.45) is 0 Å². The molecule has 0 spiro atoms. The normalized spacial score (nSPS) is 10.8. The third kappa shape index (κ3) is 4.38. The third-order valence-corrected chi connectivity index (χ3v) is 6.28. The lowest BCUT2D eigenvalue weighted by Gasteiger charge is -2.11. The van der Waals surface area contributed by atoms with Crippen molar-refractivity contribution in [1.29, 1.82) is 0 Å². The molecule has 0 saturated heterocycles. The van der Waals surface area contributed by atoms with Gasteiger partial charge in [0.25, 0.3) is 5.91 Å². The van der Waals surface area contributed by atoms with E-state index in [9.17, 15) is 9.59 Å². The smallest absolute Gasteiger partial charge is 0.340 e. The van der Waals surface area contributed by atoms with Crippen molar-refractivity contribution in [3.63, 3.8) is 0 Å². The molecule has 0 aliphatic heterocycles. The fraction of sp³-hybridized carbons (Fsp3) is 0.125. The number of methoxy groups -OCH3 is 1. The Morgan fingerprint density at radius 3 is 2.58 bits per heavy atom. The number of carbonyl (C=O) groups excluding carboxylic acids is 2. The zero-order valence-corrected chi connectivity index (χ0v) is 19.6. The van der Waals surface area contributed by atoms with Crippen molar-refractivity contribution in [3.8, 4) is 11.3 Å². The Hall–Kier alpha value is -3.03. The third-order valence-electron chi connectivity index (χ3n) is 4.82. The van der Waals surface area contributed by atoms with Crippen LogP contribution < -0.4 is 5.32 Å². The zero-order valence-electron chi connectivity index (χ0n) is 17.2. The van der Waals surface area contributed by atoms with Crippen LogP contribution in [-0.2, 0) is 4.74 Å². The summed E-state index contributed by atoms with van der Waals surface area (Å²) in [6.45, 7) is 3.89. The first-order valence-electron chi connectivity index (χ1n) is 9.53. The van der Waals surface area contributed by atoms with Crippen LogP contribution in [0.3, 0.4) is 0 Å². The van der Waals surface area contributed by atoms with Crippen LogP contribution in [0.4, 0.5) is 5.00 Å². The number of esters is 1. The Balaban J connectivity index is 1.83. The first-order valence-corrected chi connectivity index (χ1v) is 11.1. The molecular formula is C24H19BrN2O3S. The lowest BCUT2D eigenvalue weighted by molar-refractivity contribution is 0.0602. The minimum atomic E-state index is -0.484. The highest BCUT2D eigenvalue weighted by molar-refractivity contribution is 9.10. The Kier molecular flexibility index (Phi) is 5.89. The number of anilines is 1. The van der Waals surface area contributed by atoms with E-state index in [0.717, 1.165) is 25.9 Å². The number of thiophene rings is 1. The summed E-state index contributed by atoms with van der Waals surface area (Å²) in [5.41, 5.74) is 4.28. The van der Waals surface area contributed by atoms with Gasteiger partial charge in [-0.1, -0.05) is 39.7 Å². The SMILES string of the molecule is COC(=O)c1cc(C)sc1NC(=O)c1cc(-c2cccc(C)c2)nc2ccc(Br)cc12. The first kappa shape index (κ1) is 21.2. The van der Waals surface area contributed by atoms with Gasteiger partial charge in [-0.15, -0.1) is 11.3 Å². The molecule has 0 fully saturated rings. The summed E-state index contributed by atoms with van der Waals surface area (Å²) >= 11 is 4.81. The number of pyridine rings is 1. The minimum absolute atomic E-state index is 0.314. The second kappa shape index (κ2) is 8.61. The molecule has 2 aromatic carbocycles. The van der Waals surface area contributed by atoms with E-state index in [4.69, 9.17) is 9.72 Å². The largest absolute Gasteiger partial charge is 0.465 e. The topological polar surface area (TPSA) is 68.3 Å². The molecule has 1 N–H and O–H groups in total. The van der Waals surface area contributed by atoms with Gasteiger partial charge in [0.05, 0.1) is 29.4 Å². The number of aromatic nitrogens is 1. The molecule has 7 heteroatoms. The van der Waals surface area contributed by atoms with E-state index in [1.54, 1.807) is 12.1 Å². The molecule has 0 atom stereocenters. The van der Waals surface area contributed by atoms with Crippen LogP contribution in [0.2, 0.25) is 0 Å². The maximum absolute atomic E-state index is 13.4. The molecular weight excluding hydrogens is 476 g/mol. The molecule has 31 heavy (non-hydrogen) atoms. The summed E-state index contributed by atoms with van der Waals surface area (Å²) in [6, 6.07) is 17.1. The fourth-order valence-electron chi connectivity index (χ4n) is 3.38. The number of fused-ring (bicyclic) bond motifs is 1. The lowest BCUT2D eigenvalue weighted by atomic mass is 10.0. The van der Waals surface area contributed by atoms with Gasteiger partial charge in [0, 0.05) is 20.3 Å². The summed E-state index contributed by atoms with van der Waals surface area (Å²) in [7, 11) is 1.32. The molecule has 0 unspecified atom stereocenters. The van der Waals surface area contributed by atoms with Gasteiger partial charge in [-0.3, -0.25) is 4.79 Å².